The number of hydrogen-bond acceptors (Lipinski definition) is 2. The maximum atomic E-state index is 6.20. The molecule has 1 aromatic carbocycles. The number of ether oxygens (including phenoxy) is 1. The molecular formula is C14H22ClNO. The molecule has 0 amide bonds. The van der Waals surface area contributed by atoms with E-state index in [1.165, 1.54) is 11.1 Å². The lowest BCUT2D eigenvalue weighted by Crippen LogP contribution is -2.19. The summed E-state index contributed by atoms with van der Waals surface area (Å²) in [6.07, 6.45) is 0. The minimum Gasteiger partial charge on any atom is -0.495 e. The molecule has 17 heavy (non-hydrogen) atoms. The van der Waals surface area contributed by atoms with E-state index in [1.807, 2.05) is 6.07 Å². The van der Waals surface area contributed by atoms with Gasteiger partial charge in [-0.2, -0.15) is 0 Å². The maximum absolute atomic E-state index is 6.20. The Bertz CT molecular complexity index is 377. The molecule has 1 rings (SSSR count). The molecule has 0 aromatic heterocycles. The highest BCUT2D eigenvalue weighted by molar-refractivity contribution is 6.32. The highest BCUT2D eigenvalue weighted by Crippen LogP contribution is 2.34. The molecule has 0 heterocycles. The van der Waals surface area contributed by atoms with Crippen LogP contribution in [-0.4, -0.2) is 13.7 Å². The van der Waals surface area contributed by atoms with Gasteiger partial charge < -0.3 is 10.1 Å². The van der Waals surface area contributed by atoms with Gasteiger partial charge in [0.25, 0.3) is 0 Å². The van der Waals surface area contributed by atoms with Crippen LogP contribution in [0.3, 0.4) is 0 Å². The molecule has 0 fully saturated rings. The summed E-state index contributed by atoms with van der Waals surface area (Å²) in [4.78, 5) is 0. The van der Waals surface area contributed by atoms with Gasteiger partial charge in [-0.3, -0.25) is 0 Å². The molecule has 1 aromatic rings. The van der Waals surface area contributed by atoms with Gasteiger partial charge in [-0.15, -0.1) is 0 Å². The van der Waals surface area contributed by atoms with Crippen LogP contribution >= 0.6 is 11.6 Å². The number of benzene rings is 1. The standard InChI is InChI=1S/C14H22ClNO/c1-6-16-10(4)12-7-13(15)14(17-5)8-11(12)9(2)3/h7-10,16H,6H2,1-5H3. The van der Waals surface area contributed by atoms with Crippen molar-refractivity contribution in [2.75, 3.05) is 13.7 Å². The van der Waals surface area contributed by atoms with Crippen LogP contribution in [-0.2, 0) is 0 Å². The Kier molecular flexibility index (Phi) is 5.29. The fourth-order valence-electron chi connectivity index (χ4n) is 2.03. The van der Waals surface area contributed by atoms with E-state index >= 15 is 0 Å². The van der Waals surface area contributed by atoms with Crippen molar-refractivity contribution in [3.8, 4) is 5.75 Å². The fraction of sp³-hybridized carbons (Fsp3) is 0.571. The Morgan fingerprint density at radius 1 is 1.24 bits per heavy atom. The fourth-order valence-corrected chi connectivity index (χ4v) is 2.28. The van der Waals surface area contributed by atoms with Crippen molar-refractivity contribution in [3.63, 3.8) is 0 Å². The van der Waals surface area contributed by atoms with Crippen LogP contribution in [0.1, 0.15) is 50.8 Å². The monoisotopic (exact) mass is 255 g/mol. The SMILES string of the molecule is CCNC(C)c1cc(Cl)c(OC)cc1C(C)C. The second-order valence-electron chi connectivity index (χ2n) is 4.55. The van der Waals surface area contributed by atoms with E-state index < -0.39 is 0 Å². The summed E-state index contributed by atoms with van der Waals surface area (Å²) in [5.41, 5.74) is 2.55. The molecule has 0 radical (unpaired) electrons. The zero-order chi connectivity index (χ0) is 13.0. The first-order chi connectivity index (χ1) is 8.01. The van der Waals surface area contributed by atoms with Crippen LogP contribution in [0.5, 0.6) is 5.75 Å². The lowest BCUT2D eigenvalue weighted by atomic mass is 9.93. The first-order valence-corrected chi connectivity index (χ1v) is 6.49. The Balaban J connectivity index is 3.22. The minimum atomic E-state index is 0.306. The summed E-state index contributed by atoms with van der Waals surface area (Å²) in [5, 5.41) is 4.10. The van der Waals surface area contributed by atoms with Crippen molar-refractivity contribution in [2.24, 2.45) is 0 Å². The topological polar surface area (TPSA) is 21.3 Å². The van der Waals surface area contributed by atoms with Crippen LogP contribution in [0.2, 0.25) is 5.02 Å². The van der Waals surface area contributed by atoms with E-state index in [0.717, 1.165) is 12.3 Å². The van der Waals surface area contributed by atoms with Gasteiger partial charge in [-0.1, -0.05) is 32.4 Å². The third-order valence-corrected chi connectivity index (χ3v) is 3.25. The molecule has 0 aliphatic heterocycles. The number of nitrogens with one attached hydrogen (secondary N) is 1. The lowest BCUT2D eigenvalue weighted by molar-refractivity contribution is 0.413. The molecule has 0 saturated carbocycles. The average molecular weight is 256 g/mol. The zero-order valence-corrected chi connectivity index (χ0v) is 12.1. The van der Waals surface area contributed by atoms with Crippen molar-refractivity contribution < 1.29 is 4.74 Å². The molecule has 0 saturated heterocycles. The molecule has 0 aliphatic carbocycles. The molecule has 1 N–H and O–H groups in total. The van der Waals surface area contributed by atoms with Gasteiger partial charge in [0.05, 0.1) is 12.1 Å². The molecule has 0 bridgehead atoms. The maximum Gasteiger partial charge on any atom is 0.137 e. The first-order valence-electron chi connectivity index (χ1n) is 6.11. The average Bonchev–Trinajstić information content (AvgIpc) is 2.28. The normalized spacial score (nSPS) is 12.9. The van der Waals surface area contributed by atoms with Gasteiger partial charge in [0.1, 0.15) is 5.75 Å². The van der Waals surface area contributed by atoms with Gasteiger partial charge in [0, 0.05) is 6.04 Å². The summed E-state index contributed by atoms with van der Waals surface area (Å²) in [5.74, 6) is 1.21. The first kappa shape index (κ1) is 14.3. The molecular weight excluding hydrogens is 234 g/mol. The zero-order valence-electron chi connectivity index (χ0n) is 11.3. The second-order valence-corrected chi connectivity index (χ2v) is 4.96. The highest BCUT2D eigenvalue weighted by Gasteiger charge is 2.15. The lowest BCUT2D eigenvalue weighted by Gasteiger charge is -2.21. The van der Waals surface area contributed by atoms with Crippen LogP contribution in [0.4, 0.5) is 0 Å². The van der Waals surface area contributed by atoms with Crippen LogP contribution < -0.4 is 10.1 Å². The molecule has 3 heteroatoms. The molecule has 1 unspecified atom stereocenters. The molecule has 96 valence electrons. The van der Waals surface area contributed by atoms with E-state index in [4.69, 9.17) is 16.3 Å². The molecule has 0 spiro atoms. The van der Waals surface area contributed by atoms with Crippen molar-refractivity contribution in [3.05, 3.63) is 28.3 Å². The number of hydrogen-bond donors (Lipinski definition) is 1. The Labute approximate surface area is 109 Å². The van der Waals surface area contributed by atoms with Gasteiger partial charge in [0.15, 0.2) is 0 Å². The van der Waals surface area contributed by atoms with Crippen LogP contribution in [0, 0.1) is 0 Å². The van der Waals surface area contributed by atoms with Crippen molar-refractivity contribution in [1.29, 1.82) is 0 Å². The molecule has 0 aliphatic rings. The number of methoxy groups -OCH3 is 1. The van der Waals surface area contributed by atoms with Crippen molar-refractivity contribution >= 4 is 11.6 Å². The van der Waals surface area contributed by atoms with E-state index in [0.29, 0.717) is 17.0 Å². The summed E-state index contributed by atoms with van der Waals surface area (Å²) >= 11 is 6.20. The van der Waals surface area contributed by atoms with Crippen molar-refractivity contribution in [2.45, 2.75) is 39.7 Å². The van der Waals surface area contributed by atoms with E-state index in [-0.39, 0.29) is 0 Å². The highest BCUT2D eigenvalue weighted by atomic mass is 35.5. The largest absolute Gasteiger partial charge is 0.495 e. The summed E-state index contributed by atoms with van der Waals surface area (Å²) < 4.78 is 5.28. The van der Waals surface area contributed by atoms with Gasteiger partial charge >= 0.3 is 0 Å². The second kappa shape index (κ2) is 6.27. The third kappa shape index (κ3) is 3.36. The molecule has 1 atom stereocenters. The van der Waals surface area contributed by atoms with Gasteiger partial charge in [-0.25, -0.2) is 0 Å². The quantitative estimate of drug-likeness (QED) is 0.854. The summed E-state index contributed by atoms with van der Waals surface area (Å²) in [6.45, 7) is 9.59. The van der Waals surface area contributed by atoms with E-state index in [2.05, 4.69) is 39.1 Å². The summed E-state index contributed by atoms with van der Waals surface area (Å²) in [7, 11) is 1.65. The van der Waals surface area contributed by atoms with Gasteiger partial charge in [0.2, 0.25) is 0 Å². The minimum absolute atomic E-state index is 0.306. The Hall–Kier alpha value is -0.730. The Morgan fingerprint density at radius 2 is 1.88 bits per heavy atom. The smallest absolute Gasteiger partial charge is 0.137 e. The van der Waals surface area contributed by atoms with Crippen LogP contribution in [0.15, 0.2) is 12.1 Å². The summed E-state index contributed by atoms with van der Waals surface area (Å²) in [6, 6.07) is 4.37. The molecule has 2 nitrogen and oxygen atoms in total. The predicted octanol–water partition coefficient (Wildman–Crippen LogP) is 4.14. The Morgan fingerprint density at radius 3 is 2.35 bits per heavy atom. The van der Waals surface area contributed by atoms with E-state index in [1.54, 1.807) is 7.11 Å². The van der Waals surface area contributed by atoms with Gasteiger partial charge in [-0.05, 0) is 42.6 Å². The third-order valence-electron chi connectivity index (χ3n) is 2.96. The number of rotatable bonds is 5. The van der Waals surface area contributed by atoms with Crippen LogP contribution in [0.25, 0.3) is 0 Å². The van der Waals surface area contributed by atoms with E-state index in [9.17, 15) is 0 Å². The number of halogens is 1. The van der Waals surface area contributed by atoms with Crippen molar-refractivity contribution in [1.82, 2.24) is 5.32 Å². The predicted molar refractivity (Wildman–Crippen MR) is 74.2 cm³/mol.